The zero-order chi connectivity index (χ0) is 20.1. The Balaban J connectivity index is 1.33. The number of carbonyl (C=O) groups is 1. The van der Waals surface area contributed by atoms with Crippen LogP contribution in [0.3, 0.4) is 0 Å². The molecule has 4 rings (SSSR count). The molecule has 0 radical (unpaired) electrons. The van der Waals surface area contributed by atoms with Crippen LogP contribution in [-0.4, -0.2) is 36.3 Å². The lowest BCUT2D eigenvalue weighted by Gasteiger charge is -2.31. The number of para-hydroxylation sites is 1. The van der Waals surface area contributed by atoms with Gasteiger partial charge in [-0.3, -0.25) is 4.79 Å². The Labute approximate surface area is 169 Å². The van der Waals surface area contributed by atoms with Crippen molar-refractivity contribution in [2.24, 2.45) is 5.92 Å². The van der Waals surface area contributed by atoms with E-state index in [1.54, 1.807) is 13.4 Å². The summed E-state index contributed by atoms with van der Waals surface area (Å²) >= 11 is 0. The number of benzene rings is 1. The summed E-state index contributed by atoms with van der Waals surface area (Å²) in [6.45, 7) is 1.99. The highest BCUT2D eigenvalue weighted by Crippen LogP contribution is 2.29. The summed E-state index contributed by atoms with van der Waals surface area (Å²) in [7, 11) is 1.65. The van der Waals surface area contributed by atoms with Crippen molar-refractivity contribution in [2.45, 2.75) is 19.4 Å². The molecule has 1 amide bonds. The van der Waals surface area contributed by atoms with E-state index in [1.807, 2.05) is 48.5 Å². The number of hydrogen-bond acceptors (Lipinski definition) is 6. The third-order valence-electron chi connectivity index (χ3n) is 5.24. The highest BCUT2D eigenvalue weighted by Gasteiger charge is 2.25. The molecule has 150 valence electrons. The molecule has 0 atom stereocenters. The van der Waals surface area contributed by atoms with Crippen molar-refractivity contribution in [2.75, 3.05) is 25.1 Å². The Kier molecular flexibility index (Phi) is 5.74. The second-order valence-electron chi connectivity index (χ2n) is 7.04. The monoisotopic (exact) mass is 392 g/mol. The summed E-state index contributed by atoms with van der Waals surface area (Å²) in [5.41, 5.74) is 1.69. The molecule has 1 N–H and O–H groups in total. The van der Waals surface area contributed by atoms with Gasteiger partial charge in [-0.25, -0.2) is 0 Å². The van der Waals surface area contributed by atoms with E-state index in [0.29, 0.717) is 6.54 Å². The molecule has 0 spiro atoms. The SMILES string of the molecule is COc1ccccc1-c1ccc(N2CCC(C(=O)NCc3ccco3)CC2)nn1. The van der Waals surface area contributed by atoms with Crippen molar-refractivity contribution in [3.8, 4) is 17.0 Å². The maximum Gasteiger partial charge on any atom is 0.223 e. The zero-order valence-corrected chi connectivity index (χ0v) is 16.4. The lowest BCUT2D eigenvalue weighted by atomic mass is 9.96. The molecule has 7 nitrogen and oxygen atoms in total. The number of anilines is 1. The van der Waals surface area contributed by atoms with Gasteiger partial charge in [0.2, 0.25) is 5.91 Å². The second kappa shape index (κ2) is 8.77. The molecule has 1 aliphatic rings. The Bertz CT molecular complexity index is 933. The molecule has 0 aliphatic carbocycles. The number of aromatic nitrogens is 2. The van der Waals surface area contributed by atoms with E-state index >= 15 is 0 Å². The summed E-state index contributed by atoms with van der Waals surface area (Å²) in [6.07, 6.45) is 3.19. The maximum absolute atomic E-state index is 12.4. The van der Waals surface area contributed by atoms with Gasteiger partial charge in [0.15, 0.2) is 5.82 Å². The van der Waals surface area contributed by atoms with E-state index in [1.165, 1.54) is 0 Å². The first-order valence-corrected chi connectivity index (χ1v) is 9.77. The fraction of sp³-hybridized carbons (Fsp3) is 0.318. The third-order valence-corrected chi connectivity index (χ3v) is 5.24. The molecule has 29 heavy (non-hydrogen) atoms. The number of ether oxygens (including phenoxy) is 1. The summed E-state index contributed by atoms with van der Waals surface area (Å²) in [5, 5.41) is 11.7. The number of hydrogen-bond donors (Lipinski definition) is 1. The van der Waals surface area contributed by atoms with Gasteiger partial charge >= 0.3 is 0 Å². The van der Waals surface area contributed by atoms with Crippen LogP contribution in [0.4, 0.5) is 5.82 Å². The molecule has 0 saturated carbocycles. The van der Waals surface area contributed by atoms with Crippen LogP contribution in [0.15, 0.2) is 59.2 Å². The van der Waals surface area contributed by atoms with Gasteiger partial charge < -0.3 is 19.4 Å². The van der Waals surface area contributed by atoms with E-state index in [-0.39, 0.29) is 11.8 Å². The molecule has 1 fully saturated rings. The molecular formula is C22H24N4O3. The Hall–Kier alpha value is -3.35. The number of carbonyl (C=O) groups excluding carboxylic acids is 1. The van der Waals surface area contributed by atoms with Crippen LogP contribution in [-0.2, 0) is 11.3 Å². The Morgan fingerprint density at radius 1 is 1.14 bits per heavy atom. The number of amides is 1. The van der Waals surface area contributed by atoms with Crippen molar-refractivity contribution < 1.29 is 13.9 Å². The van der Waals surface area contributed by atoms with E-state index in [0.717, 1.165) is 54.5 Å². The first kappa shape index (κ1) is 19.0. The van der Waals surface area contributed by atoms with Gasteiger partial charge in [-0.1, -0.05) is 12.1 Å². The lowest BCUT2D eigenvalue weighted by molar-refractivity contribution is -0.125. The largest absolute Gasteiger partial charge is 0.496 e. The molecule has 1 aromatic carbocycles. The van der Waals surface area contributed by atoms with Crippen LogP contribution < -0.4 is 15.0 Å². The van der Waals surface area contributed by atoms with Crippen molar-refractivity contribution in [1.29, 1.82) is 0 Å². The van der Waals surface area contributed by atoms with Crippen LogP contribution in [0.5, 0.6) is 5.75 Å². The van der Waals surface area contributed by atoms with Crippen LogP contribution in [0, 0.1) is 5.92 Å². The molecule has 2 aromatic heterocycles. The van der Waals surface area contributed by atoms with E-state index in [2.05, 4.69) is 20.4 Å². The van der Waals surface area contributed by atoms with Crippen LogP contribution >= 0.6 is 0 Å². The summed E-state index contributed by atoms with van der Waals surface area (Å²) in [6, 6.07) is 15.4. The number of methoxy groups -OCH3 is 1. The lowest BCUT2D eigenvalue weighted by Crippen LogP contribution is -2.40. The van der Waals surface area contributed by atoms with Gasteiger partial charge in [0, 0.05) is 24.6 Å². The van der Waals surface area contributed by atoms with E-state index in [4.69, 9.17) is 9.15 Å². The number of piperidine rings is 1. The van der Waals surface area contributed by atoms with Crippen molar-refractivity contribution in [3.05, 3.63) is 60.6 Å². The summed E-state index contributed by atoms with van der Waals surface area (Å²) < 4.78 is 10.7. The van der Waals surface area contributed by atoms with Gasteiger partial charge in [0.05, 0.1) is 25.6 Å². The zero-order valence-electron chi connectivity index (χ0n) is 16.4. The fourth-order valence-corrected chi connectivity index (χ4v) is 3.60. The summed E-state index contributed by atoms with van der Waals surface area (Å²) in [4.78, 5) is 14.6. The molecule has 1 saturated heterocycles. The third kappa shape index (κ3) is 4.39. The average molecular weight is 392 g/mol. The van der Waals surface area contributed by atoms with Gasteiger partial charge in [-0.05, 0) is 49.2 Å². The standard InChI is InChI=1S/C22H24N4O3/c1-28-20-7-3-2-6-18(20)19-8-9-21(25-24-19)26-12-10-16(11-13-26)22(27)23-15-17-5-4-14-29-17/h2-9,14,16H,10-13,15H2,1H3,(H,23,27). The molecule has 3 heterocycles. The van der Waals surface area contributed by atoms with E-state index < -0.39 is 0 Å². The van der Waals surface area contributed by atoms with Gasteiger partial charge in [0.25, 0.3) is 0 Å². The summed E-state index contributed by atoms with van der Waals surface area (Å²) in [5.74, 6) is 2.47. The molecular weight excluding hydrogens is 368 g/mol. The predicted octanol–water partition coefficient (Wildman–Crippen LogP) is 3.28. The first-order valence-electron chi connectivity index (χ1n) is 9.77. The number of nitrogens with one attached hydrogen (secondary N) is 1. The van der Waals surface area contributed by atoms with E-state index in [9.17, 15) is 4.79 Å². The van der Waals surface area contributed by atoms with Gasteiger partial charge in [-0.2, -0.15) is 0 Å². The number of rotatable bonds is 6. The van der Waals surface area contributed by atoms with Crippen molar-refractivity contribution in [3.63, 3.8) is 0 Å². The molecule has 3 aromatic rings. The minimum absolute atomic E-state index is 0.0158. The topological polar surface area (TPSA) is 80.5 Å². The number of furan rings is 1. The minimum Gasteiger partial charge on any atom is -0.496 e. The smallest absolute Gasteiger partial charge is 0.223 e. The second-order valence-corrected chi connectivity index (χ2v) is 7.04. The predicted molar refractivity (Wildman–Crippen MR) is 110 cm³/mol. The van der Waals surface area contributed by atoms with Crippen LogP contribution in [0.25, 0.3) is 11.3 Å². The van der Waals surface area contributed by atoms with Crippen LogP contribution in [0.2, 0.25) is 0 Å². The maximum atomic E-state index is 12.4. The Morgan fingerprint density at radius 2 is 1.97 bits per heavy atom. The first-order chi connectivity index (χ1) is 14.2. The molecule has 0 unspecified atom stereocenters. The molecule has 0 bridgehead atoms. The van der Waals surface area contributed by atoms with Crippen LogP contribution in [0.1, 0.15) is 18.6 Å². The quantitative estimate of drug-likeness (QED) is 0.693. The van der Waals surface area contributed by atoms with Crippen molar-refractivity contribution >= 4 is 11.7 Å². The van der Waals surface area contributed by atoms with Crippen molar-refractivity contribution in [1.82, 2.24) is 15.5 Å². The highest BCUT2D eigenvalue weighted by atomic mass is 16.5. The normalized spacial score (nSPS) is 14.6. The molecule has 7 heteroatoms. The van der Waals surface area contributed by atoms with Gasteiger partial charge in [-0.15, -0.1) is 10.2 Å². The number of nitrogens with zero attached hydrogens (tertiary/aromatic N) is 3. The highest BCUT2D eigenvalue weighted by molar-refractivity contribution is 5.79. The molecule has 1 aliphatic heterocycles. The minimum atomic E-state index is 0.0158. The Morgan fingerprint density at radius 3 is 2.66 bits per heavy atom. The fourth-order valence-electron chi connectivity index (χ4n) is 3.60. The average Bonchev–Trinajstić information content (AvgIpc) is 3.31. The van der Waals surface area contributed by atoms with Gasteiger partial charge in [0.1, 0.15) is 11.5 Å².